The summed E-state index contributed by atoms with van der Waals surface area (Å²) >= 11 is 1.45. The van der Waals surface area contributed by atoms with Gasteiger partial charge in [-0.25, -0.2) is 0 Å². The Morgan fingerprint density at radius 2 is 2.41 bits per heavy atom. The first kappa shape index (κ1) is 10.7. The Labute approximate surface area is 103 Å². The minimum Gasteiger partial charge on any atom is -0.391 e. The predicted octanol–water partition coefficient (Wildman–Crippen LogP) is 1.96. The lowest BCUT2D eigenvalue weighted by atomic mass is 10.1. The van der Waals surface area contributed by atoms with E-state index < -0.39 is 0 Å². The van der Waals surface area contributed by atoms with E-state index in [0.717, 1.165) is 41.8 Å². The zero-order valence-corrected chi connectivity index (χ0v) is 10.1. The molecule has 1 atom stereocenters. The first-order valence-electron chi connectivity index (χ1n) is 5.57. The quantitative estimate of drug-likeness (QED) is 0.902. The van der Waals surface area contributed by atoms with Crippen LogP contribution in [0.3, 0.4) is 0 Å². The molecule has 1 unspecified atom stereocenters. The number of rotatable bonds is 3. The fourth-order valence-corrected chi connectivity index (χ4v) is 2.60. The highest BCUT2D eigenvalue weighted by molar-refractivity contribution is 7.19. The summed E-state index contributed by atoms with van der Waals surface area (Å²) in [7, 11) is 0. The van der Waals surface area contributed by atoms with Crippen molar-refractivity contribution in [3.8, 4) is 10.8 Å². The second kappa shape index (κ2) is 4.46. The molecule has 1 aliphatic heterocycles. The Hall–Kier alpha value is -1.40. The molecular formula is C11H13N3O2S. The van der Waals surface area contributed by atoms with E-state index in [9.17, 15) is 0 Å². The summed E-state index contributed by atoms with van der Waals surface area (Å²) in [6, 6.07) is 3.74. The molecule has 2 aromatic rings. The molecule has 3 rings (SSSR count). The number of nitrogens with zero attached hydrogens (tertiary/aromatic N) is 2. The van der Waals surface area contributed by atoms with E-state index in [2.05, 4.69) is 10.1 Å². The van der Waals surface area contributed by atoms with Crippen LogP contribution in [0.4, 0.5) is 5.00 Å². The average Bonchev–Trinajstić information content (AvgIpc) is 2.99. The van der Waals surface area contributed by atoms with Crippen LogP contribution < -0.4 is 5.73 Å². The van der Waals surface area contributed by atoms with E-state index in [-0.39, 0.29) is 0 Å². The smallest absolute Gasteiger partial charge is 0.268 e. The zero-order valence-electron chi connectivity index (χ0n) is 9.26. The number of nitrogen functional groups attached to an aromatic ring is 1. The highest BCUT2D eigenvalue weighted by atomic mass is 32.1. The van der Waals surface area contributed by atoms with Gasteiger partial charge in [0.25, 0.3) is 5.89 Å². The number of hydrogen-bond donors (Lipinski definition) is 1. The molecule has 0 aliphatic carbocycles. The first-order chi connectivity index (χ1) is 8.31. The van der Waals surface area contributed by atoms with Crippen LogP contribution in [0.2, 0.25) is 0 Å². The van der Waals surface area contributed by atoms with Gasteiger partial charge in [0.2, 0.25) is 0 Å². The van der Waals surface area contributed by atoms with E-state index in [0.29, 0.717) is 11.8 Å². The van der Waals surface area contributed by atoms with Gasteiger partial charge in [0.05, 0.1) is 9.88 Å². The van der Waals surface area contributed by atoms with Gasteiger partial charge in [-0.05, 0) is 24.5 Å². The fourth-order valence-electron chi connectivity index (χ4n) is 1.91. The largest absolute Gasteiger partial charge is 0.391 e. The molecule has 3 heterocycles. The zero-order chi connectivity index (χ0) is 11.7. The van der Waals surface area contributed by atoms with Gasteiger partial charge in [-0.1, -0.05) is 5.16 Å². The van der Waals surface area contributed by atoms with Gasteiger partial charge >= 0.3 is 0 Å². The Balaban J connectivity index is 1.73. The van der Waals surface area contributed by atoms with Crippen LogP contribution in [0, 0.1) is 5.92 Å². The first-order valence-corrected chi connectivity index (χ1v) is 6.39. The molecular weight excluding hydrogens is 238 g/mol. The van der Waals surface area contributed by atoms with Gasteiger partial charge in [0, 0.05) is 19.6 Å². The number of nitrogens with two attached hydrogens (primary N) is 1. The summed E-state index contributed by atoms with van der Waals surface area (Å²) in [6.45, 7) is 1.65. The van der Waals surface area contributed by atoms with Crippen molar-refractivity contribution in [1.29, 1.82) is 0 Å². The van der Waals surface area contributed by atoms with Crippen molar-refractivity contribution in [2.45, 2.75) is 12.8 Å². The Bertz CT molecular complexity index is 502. The third-order valence-corrected chi connectivity index (χ3v) is 3.70. The monoisotopic (exact) mass is 251 g/mol. The van der Waals surface area contributed by atoms with Crippen molar-refractivity contribution in [3.05, 3.63) is 18.0 Å². The van der Waals surface area contributed by atoms with Crippen molar-refractivity contribution in [2.75, 3.05) is 18.9 Å². The van der Waals surface area contributed by atoms with Crippen LogP contribution in [0.5, 0.6) is 0 Å². The molecule has 1 aliphatic rings. The topological polar surface area (TPSA) is 74.2 Å². The Morgan fingerprint density at radius 3 is 3.12 bits per heavy atom. The minimum absolute atomic E-state index is 0.522. The summed E-state index contributed by atoms with van der Waals surface area (Å²) in [5.41, 5.74) is 5.67. The average molecular weight is 251 g/mol. The third-order valence-electron chi connectivity index (χ3n) is 2.80. The lowest BCUT2D eigenvalue weighted by molar-refractivity contribution is 0.185. The van der Waals surface area contributed by atoms with Crippen LogP contribution in [0.25, 0.3) is 10.8 Å². The van der Waals surface area contributed by atoms with Gasteiger partial charge in [-0.15, -0.1) is 11.3 Å². The second-order valence-corrected chi connectivity index (χ2v) is 5.27. The highest BCUT2D eigenvalue weighted by Crippen LogP contribution is 2.28. The van der Waals surface area contributed by atoms with Gasteiger partial charge < -0.3 is 15.0 Å². The molecule has 6 heteroatoms. The van der Waals surface area contributed by atoms with E-state index in [1.54, 1.807) is 0 Å². The molecule has 2 N–H and O–H groups in total. The van der Waals surface area contributed by atoms with Crippen molar-refractivity contribution in [1.82, 2.24) is 10.1 Å². The molecule has 1 saturated heterocycles. The second-order valence-electron chi connectivity index (χ2n) is 4.15. The lowest BCUT2D eigenvalue weighted by Crippen LogP contribution is -2.04. The molecule has 17 heavy (non-hydrogen) atoms. The Morgan fingerprint density at radius 1 is 1.47 bits per heavy atom. The van der Waals surface area contributed by atoms with E-state index in [1.165, 1.54) is 11.3 Å². The maximum absolute atomic E-state index is 5.67. The summed E-state index contributed by atoms with van der Waals surface area (Å²) in [6.07, 6.45) is 1.90. The van der Waals surface area contributed by atoms with Crippen LogP contribution >= 0.6 is 11.3 Å². The number of hydrogen-bond acceptors (Lipinski definition) is 6. The summed E-state index contributed by atoms with van der Waals surface area (Å²) in [5, 5.41) is 4.74. The normalized spacial score (nSPS) is 19.9. The van der Waals surface area contributed by atoms with Gasteiger partial charge in [0.15, 0.2) is 5.82 Å². The molecule has 0 bridgehead atoms. The number of aromatic nitrogens is 2. The van der Waals surface area contributed by atoms with Crippen molar-refractivity contribution in [3.63, 3.8) is 0 Å². The van der Waals surface area contributed by atoms with E-state index in [1.807, 2.05) is 12.1 Å². The summed E-state index contributed by atoms with van der Waals surface area (Å²) < 4.78 is 10.6. The maximum Gasteiger partial charge on any atom is 0.268 e. The summed E-state index contributed by atoms with van der Waals surface area (Å²) in [5.74, 6) is 1.83. The highest BCUT2D eigenvalue weighted by Gasteiger charge is 2.19. The van der Waals surface area contributed by atoms with Crippen molar-refractivity contribution < 1.29 is 9.26 Å². The van der Waals surface area contributed by atoms with Crippen molar-refractivity contribution in [2.24, 2.45) is 5.92 Å². The molecule has 5 nitrogen and oxygen atoms in total. The standard InChI is InChI=1S/C11H13N3O2S/c12-9-2-1-8(17-9)11-13-10(14-16-11)5-7-3-4-15-6-7/h1-2,7H,3-6,12H2. The van der Waals surface area contributed by atoms with Crippen LogP contribution in [-0.4, -0.2) is 23.4 Å². The van der Waals surface area contributed by atoms with Crippen LogP contribution in [-0.2, 0) is 11.2 Å². The van der Waals surface area contributed by atoms with Gasteiger partial charge in [-0.2, -0.15) is 4.98 Å². The van der Waals surface area contributed by atoms with Gasteiger partial charge in [-0.3, -0.25) is 0 Å². The number of anilines is 1. The Kier molecular flexibility index (Phi) is 2.82. The fraction of sp³-hybridized carbons (Fsp3) is 0.455. The molecule has 1 fully saturated rings. The van der Waals surface area contributed by atoms with Crippen LogP contribution in [0.15, 0.2) is 16.7 Å². The summed E-state index contributed by atoms with van der Waals surface area (Å²) in [4.78, 5) is 5.30. The predicted molar refractivity (Wildman–Crippen MR) is 64.7 cm³/mol. The number of ether oxygens (including phenoxy) is 1. The van der Waals surface area contributed by atoms with E-state index >= 15 is 0 Å². The lowest BCUT2D eigenvalue weighted by Gasteiger charge is -2.00. The molecule has 0 amide bonds. The molecule has 90 valence electrons. The van der Waals surface area contributed by atoms with Crippen molar-refractivity contribution >= 4 is 16.3 Å². The molecule has 2 aromatic heterocycles. The maximum atomic E-state index is 5.67. The minimum atomic E-state index is 0.522. The SMILES string of the molecule is Nc1ccc(-c2nc(CC3CCOC3)no2)s1. The van der Waals surface area contributed by atoms with Crippen LogP contribution in [0.1, 0.15) is 12.2 Å². The molecule has 0 spiro atoms. The molecule has 0 radical (unpaired) electrons. The number of thiophene rings is 1. The molecule has 0 saturated carbocycles. The molecule has 0 aromatic carbocycles. The third kappa shape index (κ3) is 2.32. The van der Waals surface area contributed by atoms with E-state index in [4.69, 9.17) is 15.0 Å². The van der Waals surface area contributed by atoms with Gasteiger partial charge in [0.1, 0.15) is 0 Å².